The predicted molar refractivity (Wildman–Crippen MR) is 297 cm³/mol. The number of hydrogen-bond donors (Lipinski definition) is 8. The molecule has 0 aliphatic heterocycles. The van der Waals surface area contributed by atoms with Gasteiger partial charge in [-0.05, 0) is 77.9 Å². The second kappa shape index (κ2) is 62.5. The Morgan fingerprint density at radius 3 is 1.51 bits per heavy atom. The van der Waals surface area contributed by atoms with Gasteiger partial charge < -0.3 is 71.1 Å². The van der Waals surface area contributed by atoms with E-state index in [9.17, 15) is 33.9 Å². The fraction of sp³-hybridized carbons (Fsp3) is 0.870. The molecule has 3 atom stereocenters. The summed E-state index contributed by atoms with van der Waals surface area (Å²) in [6.07, 6.45) is 31.5. The first-order valence-electron chi connectivity index (χ1n) is 28.1. The molecular weight excluding hydrogens is 972 g/mol. The monoisotopic (exact) mass is 1080 g/mol. The molecule has 1 rings (SSSR count). The number of nitrogens with one attached hydrogen (secondary N) is 5. The van der Waals surface area contributed by atoms with Crippen LogP contribution in [-0.2, 0) is 52.5 Å². The van der Waals surface area contributed by atoms with E-state index in [-0.39, 0.29) is 67.9 Å². The summed E-state index contributed by atoms with van der Waals surface area (Å²) in [7, 11) is 5.90. The van der Waals surface area contributed by atoms with Gasteiger partial charge in [-0.3, -0.25) is 24.0 Å². The highest BCUT2D eigenvalue weighted by Crippen LogP contribution is 2.29. The van der Waals surface area contributed by atoms with Gasteiger partial charge in [-0.1, -0.05) is 125 Å². The Morgan fingerprint density at radius 1 is 0.595 bits per heavy atom. The Bertz CT molecular complexity index is 1290. The van der Waals surface area contributed by atoms with Gasteiger partial charge in [0.05, 0.1) is 58.3 Å². The Balaban J connectivity index is -0.00000164. The molecule has 0 aromatic heterocycles. The SMILES string of the molecule is CCCCCCCCCCCCCCCCCCCC(=O)NCC1CCC(C(=O)NC(CO)CCC(=O)NCCOCCOCC=O)CC1.CNCCCCC(N)C(=O)P.CNCCOCCOCC=O.O=CO. The summed E-state index contributed by atoms with van der Waals surface area (Å²) in [4.78, 5) is 76.2. The van der Waals surface area contributed by atoms with Gasteiger partial charge in [0, 0.05) is 38.4 Å². The van der Waals surface area contributed by atoms with Crippen LogP contribution >= 0.6 is 9.24 Å². The van der Waals surface area contributed by atoms with Gasteiger partial charge in [0.1, 0.15) is 25.8 Å². The third kappa shape index (κ3) is 58.3. The van der Waals surface area contributed by atoms with Gasteiger partial charge in [-0.2, -0.15) is 0 Å². The van der Waals surface area contributed by atoms with Gasteiger partial charge in [0.15, 0.2) is 5.52 Å². The Kier molecular flexibility index (Phi) is 63.6. The van der Waals surface area contributed by atoms with Gasteiger partial charge in [-0.15, -0.1) is 0 Å². The van der Waals surface area contributed by atoms with Gasteiger partial charge in [0.25, 0.3) is 6.47 Å². The molecule has 1 saturated carbocycles. The second-order valence-electron chi connectivity index (χ2n) is 18.7. The standard InChI is InChI=1S/C39H73N3O7.C7H17N2OP.C7H15NO3.CH2O2/c1-2-3-4-5-6-7-8-9-10-11-12-13-14-15-16-17-18-19-37(45)41-32-34-20-22-35(23-21-34)39(47)42-36(33-44)24-25-38(46)40-26-28-48-30-31-49-29-27-43;1-9-5-3-2-4-6(8)7(10)11;1-8-2-4-10-6-7-11-5-3-9;2-1-3/h27,34-36,44H,2-26,28-33H2,1H3,(H,40,46)(H,41,45)(H,42,47);6,9H,2-5,8,11H2,1H3;3,8H,2,4-7H2,1H3;1H,(H,2,3). The minimum atomic E-state index is -0.462. The van der Waals surface area contributed by atoms with E-state index in [1.165, 1.54) is 96.3 Å². The lowest BCUT2D eigenvalue weighted by molar-refractivity contribution is -0.128. The average Bonchev–Trinajstić information content (AvgIpc) is 3.40. The number of unbranched alkanes of at least 4 members (excludes halogenated alkanes) is 17. The van der Waals surface area contributed by atoms with Crippen LogP contribution in [-0.4, -0.2) is 164 Å². The number of likely N-dealkylation sites (N-methyl/N-ethyl adjacent to an activating group) is 1. The maximum Gasteiger partial charge on any atom is 0.290 e. The summed E-state index contributed by atoms with van der Waals surface area (Å²) in [6, 6.07) is -0.743. The van der Waals surface area contributed by atoms with Crippen LogP contribution < -0.4 is 32.3 Å². The van der Waals surface area contributed by atoms with Crippen molar-refractivity contribution < 1.29 is 62.7 Å². The number of rotatable bonds is 48. The number of carboxylic acid groups (broad SMARTS) is 1. The number of nitrogens with two attached hydrogens (primary N) is 1. The van der Waals surface area contributed by atoms with Crippen LogP contribution in [0.25, 0.3) is 0 Å². The van der Waals surface area contributed by atoms with Gasteiger partial charge in [-0.25, -0.2) is 0 Å². The van der Waals surface area contributed by atoms with Crippen molar-refractivity contribution in [3.05, 3.63) is 0 Å². The summed E-state index contributed by atoms with van der Waals surface area (Å²) < 4.78 is 20.3. The molecule has 3 amide bonds. The fourth-order valence-electron chi connectivity index (χ4n) is 7.86. The van der Waals surface area contributed by atoms with E-state index < -0.39 is 6.04 Å². The summed E-state index contributed by atoms with van der Waals surface area (Å²) >= 11 is 0. The molecule has 1 aliphatic carbocycles. The Labute approximate surface area is 449 Å². The summed E-state index contributed by atoms with van der Waals surface area (Å²) in [6.45, 7) is 7.61. The number of amides is 3. The lowest BCUT2D eigenvalue weighted by Crippen LogP contribution is -2.43. The van der Waals surface area contributed by atoms with Crippen LogP contribution in [0, 0.1) is 11.8 Å². The van der Waals surface area contributed by atoms with Crippen molar-refractivity contribution in [1.82, 2.24) is 26.6 Å². The average molecular weight is 1080 g/mol. The number of aldehydes is 2. The van der Waals surface area contributed by atoms with Crippen LogP contribution in [0.4, 0.5) is 0 Å². The number of carbonyl (C=O) groups is 7. The van der Waals surface area contributed by atoms with Crippen LogP contribution in [0.3, 0.4) is 0 Å². The first-order valence-corrected chi connectivity index (χ1v) is 28.6. The zero-order valence-electron chi connectivity index (χ0n) is 46.4. The fourth-order valence-corrected chi connectivity index (χ4v) is 8.02. The van der Waals surface area contributed by atoms with Crippen molar-refractivity contribution in [3.8, 4) is 0 Å². The third-order valence-electron chi connectivity index (χ3n) is 12.3. The molecule has 0 heterocycles. The number of ether oxygens (including phenoxy) is 4. The number of aliphatic hydroxyl groups excluding tert-OH is 1. The minimum Gasteiger partial charge on any atom is -0.483 e. The molecule has 9 N–H and O–H groups in total. The molecule has 0 bridgehead atoms. The normalized spacial score (nSPS) is 14.6. The van der Waals surface area contributed by atoms with Crippen LogP contribution in [0.15, 0.2) is 0 Å². The van der Waals surface area contributed by atoms with E-state index in [0.29, 0.717) is 77.8 Å². The van der Waals surface area contributed by atoms with Gasteiger partial charge in [0.2, 0.25) is 17.7 Å². The molecule has 0 saturated heterocycles. The zero-order valence-corrected chi connectivity index (χ0v) is 47.5. The molecule has 0 aromatic carbocycles. The van der Waals surface area contributed by atoms with E-state index in [4.69, 9.17) is 34.6 Å². The van der Waals surface area contributed by atoms with Crippen LogP contribution in [0.2, 0.25) is 0 Å². The highest BCUT2D eigenvalue weighted by atomic mass is 31.0. The van der Waals surface area contributed by atoms with E-state index >= 15 is 0 Å². The molecule has 1 fully saturated rings. The summed E-state index contributed by atoms with van der Waals surface area (Å²) in [5, 5.41) is 31.4. The predicted octanol–water partition coefficient (Wildman–Crippen LogP) is 5.80. The van der Waals surface area contributed by atoms with Crippen molar-refractivity contribution in [3.63, 3.8) is 0 Å². The number of carbonyl (C=O) groups excluding carboxylic acids is 6. The molecule has 1 aliphatic rings. The van der Waals surface area contributed by atoms with Crippen molar-refractivity contribution in [1.29, 1.82) is 0 Å². The van der Waals surface area contributed by atoms with Crippen molar-refractivity contribution in [2.24, 2.45) is 17.6 Å². The molecule has 19 nitrogen and oxygen atoms in total. The lowest BCUT2D eigenvalue weighted by Gasteiger charge is -2.29. The smallest absolute Gasteiger partial charge is 0.290 e. The largest absolute Gasteiger partial charge is 0.483 e. The van der Waals surface area contributed by atoms with Crippen molar-refractivity contribution >= 4 is 51.5 Å². The lowest BCUT2D eigenvalue weighted by atomic mass is 9.81. The van der Waals surface area contributed by atoms with E-state index in [2.05, 4.69) is 42.7 Å². The molecule has 3 unspecified atom stereocenters. The number of aliphatic hydroxyl groups is 1. The Hall–Kier alpha value is -3.00. The molecular formula is C54H107N6O13P. The van der Waals surface area contributed by atoms with E-state index in [1.807, 2.05) is 14.1 Å². The number of hydrogen-bond acceptors (Lipinski definition) is 15. The Morgan fingerprint density at radius 2 is 1.05 bits per heavy atom. The maximum absolute atomic E-state index is 12.8. The van der Waals surface area contributed by atoms with Gasteiger partial charge >= 0.3 is 0 Å². The van der Waals surface area contributed by atoms with Crippen LogP contribution in [0.5, 0.6) is 0 Å². The minimum absolute atomic E-state index is 0.00876. The topological polar surface area (TPSA) is 283 Å². The summed E-state index contributed by atoms with van der Waals surface area (Å²) in [5.74, 6) is 0.210. The van der Waals surface area contributed by atoms with Crippen molar-refractivity contribution in [2.45, 2.75) is 192 Å². The zero-order chi connectivity index (χ0) is 55.4. The van der Waals surface area contributed by atoms with E-state index in [1.54, 1.807) is 0 Å². The first kappa shape index (κ1) is 75.2. The van der Waals surface area contributed by atoms with Crippen molar-refractivity contribution in [2.75, 3.05) is 99.7 Å². The highest BCUT2D eigenvalue weighted by molar-refractivity contribution is 7.40. The third-order valence-corrected chi connectivity index (χ3v) is 12.8. The van der Waals surface area contributed by atoms with Crippen LogP contribution in [0.1, 0.15) is 180 Å². The first-order chi connectivity index (χ1) is 36.0. The quantitative estimate of drug-likeness (QED) is 0.0203. The maximum atomic E-state index is 12.8. The molecule has 74 heavy (non-hydrogen) atoms. The molecule has 20 heteroatoms. The molecule has 436 valence electrons. The van der Waals surface area contributed by atoms with E-state index in [0.717, 1.165) is 77.2 Å². The second-order valence-corrected chi connectivity index (χ2v) is 19.3. The summed E-state index contributed by atoms with van der Waals surface area (Å²) in [5.41, 5.74) is 5.52. The molecule has 0 spiro atoms. The molecule has 0 radical (unpaired) electrons. The molecule has 0 aromatic rings. The highest BCUT2D eigenvalue weighted by Gasteiger charge is 2.28.